The van der Waals surface area contributed by atoms with Crippen LogP contribution in [0.1, 0.15) is 28.3 Å². The molecule has 0 aromatic carbocycles. The van der Waals surface area contributed by atoms with Gasteiger partial charge in [0.1, 0.15) is 5.69 Å². The van der Waals surface area contributed by atoms with Crippen molar-refractivity contribution in [3.8, 4) is 0 Å². The molecule has 2 aromatic rings. The molecule has 1 saturated heterocycles. The van der Waals surface area contributed by atoms with Gasteiger partial charge in [0, 0.05) is 37.4 Å². The fraction of sp³-hybridized carbons (Fsp3) is 0.533. The second-order valence-corrected chi connectivity index (χ2v) is 5.89. The molecule has 0 unspecified atom stereocenters. The maximum atomic E-state index is 12.6. The van der Waals surface area contributed by atoms with Crippen molar-refractivity contribution in [1.82, 2.24) is 19.5 Å². The zero-order valence-electron chi connectivity index (χ0n) is 12.7. The van der Waals surface area contributed by atoms with Crippen LogP contribution in [-0.4, -0.2) is 61.4 Å². The van der Waals surface area contributed by atoms with Crippen LogP contribution < -0.4 is 0 Å². The molecule has 22 heavy (non-hydrogen) atoms. The first-order chi connectivity index (χ1) is 10.5. The summed E-state index contributed by atoms with van der Waals surface area (Å²) in [7, 11) is 0. The Kier molecular flexibility index (Phi) is 3.84. The third-order valence-electron chi connectivity index (χ3n) is 4.19. The maximum Gasteiger partial charge on any atom is 0.272 e. The van der Waals surface area contributed by atoms with Crippen molar-refractivity contribution in [3.63, 3.8) is 0 Å². The normalized spacial score (nSPS) is 22.3. The number of piperidine rings is 1. The molecular weight excluding hydrogens is 284 g/mol. The highest BCUT2D eigenvalue weighted by Crippen LogP contribution is 2.19. The van der Waals surface area contributed by atoms with Crippen LogP contribution in [-0.2, 0) is 0 Å². The number of likely N-dealkylation sites (tertiary alicyclic amines) is 1. The number of aliphatic hydroxyl groups is 2. The highest BCUT2D eigenvalue weighted by molar-refractivity contribution is 5.93. The summed E-state index contributed by atoms with van der Waals surface area (Å²) in [5.74, 6) is -0.349. The topological polar surface area (TPSA) is 91.0 Å². The largest absolute Gasteiger partial charge is 0.396 e. The minimum atomic E-state index is -0.690. The van der Waals surface area contributed by atoms with Gasteiger partial charge in [0.15, 0.2) is 5.65 Å². The number of aryl methyl sites for hydroxylation is 2. The molecule has 0 radical (unpaired) electrons. The number of rotatable bonds is 2. The fourth-order valence-corrected chi connectivity index (χ4v) is 2.89. The van der Waals surface area contributed by atoms with Crippen molar-refractivity contribution in [2.45, 2.75) is 26.4 Å². The third-order valence-corrected chi connectivity index (χ3v) is 4.19. The van der Waals surface area contributed by atoms with E-state index in [0.29, 0.717) is 24.3 Å². The van der Waals surface area contributed by atoms with Crippen LogP contribution in [0.4, 0.5) is 0 Å². The van der Waals surface area contributed by atoms with E-state index in [-0.39, 0.29) is 25.0 Å². The first kappa shape index (κ1) is 14.9. The van der Waals surface area contributed by atoms with Crippen molar-refractivity contribution in [1.29, 1.82) is 0 Å². The Morgan fingerprint density at radius 2 is 2.18 bits per heavy atom. The van der Waals surface area contributed by atoms with E-state index in [1.165, 1.54) is 0 Å². The summed E-state index contributed by atoms with van der Waals surface area (Å²) >= 11 is 0. The molecular formula is C15H20N4O3. The molecule has 1 fully saturated rings. The summed E-state index contributed by atoms with van der Waals surface area (Å²) in [6.07, 6.45) is -0.0964. The second-order valence-electron chi connectivity index (χ2n) is 5.89. The number of amides is 1. The molecule has 0 spiro atoms. The minimum Gasteiger partial charge on any atom is -0.396 e. The van der Waals surface area contributed by atoms with Gasteiger partial charge in [0.25, 0.3) is 5.91 Å². The van der Waals surface area contributed by atoms with Crippen LogP contribution in [0.15, 0.2) is 12.1 Å². The predicted octanol–water partition coefficient (Wildman–Crippen LogP) is 0.161. The first-order valence-electron chi connectivity index (χ1n) is 7.42. The van der Waals surface area contributed by atoms with Crippen LogP contribution in [0.3, 0.4) is 0 Å². The summed E-state index contributed by atoms with van der Waals surface area (Å²) in [5.41, 5.74) is 2.69. The summed E-state index contributed by atoms with van der Waals surface area (Å²) in [6.45, 7) is 4.46. The van der Waals surface area contributed by atoms with Gasteiger partial charge in [-0.3, -0.25) is 4.79 Å². The standard InChI is InChI=1S/C15H20N4O3/c1-9-5-14-16-12(6-10(2)19(14)17-9)15(22)18-4-3-11(8-20)13(21)7-18/h5-6,11,13,20-21H,3-4,7-8H2,1-2H3/t11-,13+/m0/s1. The first-order valence-corrected chi connectivity index (χ1v) is 7.42. The van der Waals surface area contributed by atoms with Crippen molar-refractivity contribution in [2.75, 3.05) is 19.7 Å². The number of aliphatic hydroxyl groups excluding tert-OH is 2. The van der Waals surface area contributed by atoms with E-state index in [1.807, 2.05) is 19.9 Å². The van der Waals surface area contributed by atoms with E-state index in [4.69, 9.17) is 0 Å². The molecule has 1 amide bonds. The summed E-state index contributed by atoms with van der Waals surface area (Å²) in [5, 5.41) is 23.5. The Labute approximate surface area is 128 Å². The molecule has 2 atom stereocenters. The maximum absolute atomic E-state index is 12.6. The van der Waals surface area contributed by atoms with E-state index in [2.05, 4.69) is 10.1 Å². The van der Waals surface area contributed by atoms with Gasteiger partial charge in [-0.05, 0) is 26.3 Å². The van der Waals surface area contributed by atoms with Crippen LogP contribution in [0, 0.1) is 19.8 Å². The average Bonchev–Trinajstić information content (AvgIpc) is 2.87. The Morgan fingerprint density at radius 3 is 2.86 bits per heavy atom. The summed E-state index contributed by atoms with van der Waals surface area (Å²) < 4.78 is 1.71. The highest BCUT2D eigenvalue weighted by Gasteiger charge is 2.30. The van der Waals surface area contributed by atoms with Crippen LogP contribution in [0.5, 0.6) is 0 Å². The number of aromatic nitrogens is 3. The monoisotopic (exact) mass is 304 g/mol. The van der Waals surface area contributed by atoms with E-state index in [1.54, 1.807) is 15.5 Å². The number of hydrogen-bond donors (Lipinski definition) is 2. The molecule has 7 heteroatoms. The van der Waals surface area contributed by atoms with Gasteiger partial charge < -0.3 is 15.1 Å². The molecule has 2 aromatic heterocycles. The molecule has 1 aliphatic rings. The van der Waals surface area contributed by atoms with Gasteiger partial charge in [-0.25, -0.2) is 9.50 Å². The Bertz CT molecular complexity index is 712. The Hall–Kier alpha value is -1.99. The van der Waals surface area contributed by atoms with E-state index < -0.39 is 6.10 Å². The van der Waals surface area contributed by atoms with E-state index >= 15 is 0 Å². The smallest absolute Gasteiger partial charge is 0.272 e. The lowest BCUT2D eigenvalue weighted by atomic mass is 9.94. The molecule has 2 N–H and O–H groups in total. The van der Waals surface area contributed by atoms with E-state index in [0.717, 1.165) is 11.4 Å². The van der Waals surface area contributed by atoms with Crippen molar-refractivity contribution >= 4 is 11.6 Å². The van der Waals surface area contributed by atoms with Gasteiger partial charge in [-0.1, -0.05) is 0 Å². The average molecular weight is 304 g/mol. The number of nitrogens with zero attached hydrogens (tertiary/aromatic N) is 4. The van der Waals surface area contributed by atoms with E-state index in [9.17, 15) is 15.0 Å². The number of carbonyl (C=O) groups excluding carboxylic acids is 1. The molecule has 3 heterocycles. The van der Waals surface area contributed by atoms with Crippen molar-refractivity contribution in [2.24, 2.45) is 5.92 Å². The molecule has 0 aliphatic carbocycles. The second kappa shape index (κ2) is 5.66. The lowest BCUT2D eigenvalue weighted by Crippen LogP contribution is -2.47. The lowest BCUT2D eigenvalue weighted by Gasteiger charge is -2.34. The van der Waals surface area contributed by atoms with Crippen LogP contribution in [0.25, 0.3) is 5.65 Å². The quantitative estimate of drug-likeness (QED) is 0.825. The van der Waals surface area contributed by atoms with Gasteiger partial charge in [0.05, 0.1) is 11.8 Å². The molecule has 7 nitrogen and oxygen atoms in total. The van der Waals surface area contributed by atoms with Crippen molar-refractivity contribution in [3.05, 3.63) is 29.2 Å². The summed E-state index contributed by atoms with van der Waals surface area (Å²) in [4.78, 5) is 18.6. The highest BCUT2D eigenvalue weighted by atomic mass is 16.3. The number of carbonyl (C=O) groups is 1. The Balaban J connectivity index is 1.86. The van der Waals surface area contributed by atoms with Crippen LogP contribution in [0.2, 0.25) is 0 Å². The number of hydrogen-bond acceptors (Lipinski definition) is 5. The fourth-order valence-electron chi connectivity index (χ4n) is 2.89. The third kappa shape index (κ3) is 2.57. The zero-order chi connectivity index (χ0) is 15.9. The molecule has 3 rings (SSSR count). The van der Waals surface area contributed by atoms with Gasteiger partial charge in [-0.2, -0.15) is 5.10 Å². The summed E-state index contributed by atoms with van der Waals surface area (Å²) in [6, 6.07) is 3.54. The molecule has 0 saturated carbocycles. The van der Waals surface area contributed by atoms with Crippen LogP contribution >= 0.6 is 0 Å². The zero-order valence-corrected chi connectivity index (χ0v) is 12.7. The van der Waals surface area contributed by atoms with Gasteiger partial charge in [0.2, 0.25) is 0 Å². The Morgan fingerprint density at radius 1 is 1.41 bits per heavy atom. The predicted molar refractivity (Wildman–Crippen MR) is 79.6 cm³/mol. The van der Waals surface area contributed by atoms with Crippen molar-refractivity contribution < 1.29 is 15.0 Å². The molecule has 118 valence electrons. The SMILES string of the molecule is Cc1cc2nc(C(=O)N3CC[C@@H](CO)[C@H](O)C3)cc(C)n2n1. The minimum absolute atomic E-state index is 0.0540. The van der Waals surface area contributed by atoms with Gasteiger partial charge >= 0.3 is 0 Å². The number of fused-ring (bicyclic) bond motifs is 1. The number of β-amino-alcohol motifs (C(OH)–C–C–N with tert-alkyl or cyclic N) is 1. The molecule has 0 bridgehead atoms. The van der Waals surface area contributed by atoms with Gasteiger partial charge in [-0.15, -0.1) is 0 Å². The lowest BCUT2D eigenvalue weighted by molar-refractivity contribution is 0.000663. The molecule has 1 aliphatic heterocycles.